The third kappa shape index (κ3) is 2.40. The monoisotopic (exact) mass is 224 g/mol. The fourth-order valence-corrected chi connectivity index (χ4v) is 3.02. The van der Waals surface area contributed by atoms with E-state index in [1.807, 2.05) is 0 Å². The second-order valence-electron chi connectivity index (χ2n) is 5.82. The smallest absolute Gasteiger partial charge is 0.225 e. The Morgan fingerprint density at radius 1 is 1.19 bits per heavy atom. The van der Waals surface area contributed by atoms with Crippen molar-refractivity contribution in [1.29, 1.82) is 0 Å². The average molecular weight is 224 g/mol. The summed E-state index contributed by atoms with van der Waals surface area (Å²) in [5.41, 5.74) is 5.95. The van der Waals surface area contributed by atoms with Crippen LogP contribution in [0.3, 0.4) is 0 Å². The molecule has 2 aliphatic rings. The summed E-state index contributed by atoms with van der Waals surface area (Å²) in [6, 6.07) is 0.250. The van der Waals surface area contributed by atoms with Gasteiger partial charge in [0.1, 0.15) is 0 Å². The van der Waals surface area contributed by atoms with Crippen molar-refractivity contribution in [2.24, 2.45) is 23.5 Å². The molecule has 92 valence electrons. The third-order valence-electron chi connectivity index (χ3n) is 4.36. The van der Waals surface area contributed by atoms with E-state index in [1.54, 1.807) is 0 Å². The van der Waals surface area contributed by atoms with Gasteiger partial charge >= 0.3 is 0 Å². The molecule has 0 spiro atoms. The van der Waals surface area contributed by atoms with Gasteiger partial charge < -0.3 is 10.6 Å². The van der Waals surface area contributed by atoms with Gasteiger partial charge in [0.15, 0.2) is 0 Å². The summed E-state index contributed by atoms with van der Waals surface area (Å²) in [5, 5.41) is 0. The molecule has 0 radical (unpaired) electrons. The summed E-state index contributed by atoms with van der Waals surface area (Å²) in [5.74, 6) is 1.88. The number of nitrogens with two attached hydrogens (primary N) is 1. The van der Waals surface area contributed by atoms with Crippen molar-refractivity contribution in [2.45, 2.75) is 45.6 Å². The van der Waals surface area contributed by atoms with Gasteiger partial charge in [-0.1, -0.05) is 20.3 Å². The highest BCUT2D eigenvalue weighted by atomic mass is 16.2. The lowest BCUT2D eigenvalue weighted by Crippen LogP contribution is -2.39. The average Bonchev–Trinajstić information content (AvgIpc) is 2.58. The minimum absolute atomic E-state index is 0.209. The van der Waals surface area contributed by atoms with Crippen LogP contribution in [-0.2, 0) is 4.79 Å². The van der Waals surface area contributed by atoms with E-state index in [4.69, 9.17) is 5.73 Å². The Labute approximate surface area is 98.4 Å². The molecule has 0 aromatic carbocycles. The summed E-state index contributed by atoms with van der Waals surface area (Å²) >= 11 is 0. The quantitative estimate of drug-likeness (QED) is 0.735. The summed E-state index contributed by atoms with van der Waals surface area (Å²) in [7, 11) is 0. The van der Waals surface area contributed by atoms with Crippen molar-refractivity contribution < 1.29 is 4.79 Å². The molecule has 2 N–H and O–H groups in total. The molecular weight excluding hydrogens is 200 g/mol. The number of rotatable bonds is 1. The first kappa shape index (κ1) is 11.9. The van der Waals surface area contributed by atoms with Crippen LogP contribution in [0.2, 0.25) is 0 Å². The molecule has 1 aliphatic carbocycles. The van der Waals surface area contributed by atoms with E-state index in [-0.39, 0.29) is 12.0 Å². The lowest BCUT2D eigenvalue weighted by Gasteiger charge is -2.29. The maximum atomic E-state index is 12.3. The van der Waals surface area contributed by atoms with E-state index in [1.165, 1.54) is 0 Å². The van der Waals surface area contributed by atoms with Crippen molar-refractivity contribution in [3.05, 3.63) is 0 Å². The van der Waals surface area contributed by atoms with Crippen LogP contribution in [0.25, 0.3) is 0 Å². The van der Waals surface area contributed by atoms with E-state index in [9.17, 15) is 4.79 Å². The topological polar surface area (TPSA) is 46.3 Å². The Kier molecular flexibility index (Phi) is 3.53. The zero-order valence-electron chi connectivity index (χ0n) is 10.5. The lowest BCUT2D eigenvalue weighted by molar-refractivity contribution is -0.135. The van der Waals surface area contributed by atoms with Crippen LogP contribution in [0.1, 0.15) is 39.5 Å². The number of amides is 1. The number of hydrogen-bond donors (Lipinski definition) is 1. The number of likely N-dealkylation sites (tertiary alicyclic amines) is 1. The second-order valence-corrected chi connectivity index (χ2v) is 5.82. The van der Waals surface area contributed by atoms with E-state index in [0.717, 1.165) is 38.8 Å². The van der Waals surface area contributed by atoms with Crippen LogP contribution in [-0.4, -0.2) is 29.9 Å². The Hall–Kier alpha value is -0.570. The summed E-state index contributed by atoms with van der Waals surface area (Å²) < 4.78 is 0. The molecule has 4 atom stereocenters. The van der Waals surface area contributed by atoms with Gasteiger partial charge in [-0.3, -0.25) is 4.79 Å². The lowest BCUT2D eigenvalue weighted by atomic mass is 9.85. The van der Waals surface area contributed by atoms with Crippen LogP contribution >= 0.6 is 0 Å². The van der Waals surface area contributed by atoms with Gasteiger partial charge in [0.05, 0.1) is 0 Å². The molecule has 3 heteroatoms. The highest BCUT2D eigenvalue weighted by molar-refractivity contribution is 5.79. The normalized spacial score (nSPS) is 40.1. The minimum Gasteiger partial charge on any atom is -0.342 e. The Morgan fingerprint density at radius 3 is 2.38 bits per heavy atom. The molecule has 16 heavy (non-hydrogen) atoms. The van der Waals surface area contributed by atoms with E-state index in [2.05, 4.69) is 18.7 Å². The highest BCUT2D eigenvalue weighted by Crippen LogP contribution is 2.29. The van der Waals surface area contributed by atoms with E-state index >= 15 is 0 Å². The van der Waals surface area contributed by atoms with Gasteiger partial charge in [-0.05, 0) is 31.1 Å². The fourth-order valence-electron chi connectivity index (χ4n) is 3.02. The first-order valence-corrected chi connectivity index (χ1v) is 6.62. The first-order valence-electron chi connectivity index (χ1n) is 6.62. The van der Waals surface area contributed by atoms with Gasteiger partial charge in [0.2, 0.25) is 5.91 Å². The predicted octanol–water partition coefficient (Wildman–Crippen LogP) is 1.62. The first-order chi connectivity index (χ1) is 7.58. The molecule has 1 aliphatic heterocycles. The van der Waals surface area contributed by atoms with Crippen molar-refractivity contribution in [3.63, 3.8) is 0 Å². The zero-order chi connectivity index (χ0) is 11.7. The molecule has 2 rings (SSSR count). The maximum Gasteiger partial charge on any atom is 0.225 e. The van der Waals surface area contributed by atoms with Crippen molar-refractivity contribution in [1.82, 2.24) is 4.90 Å². The molecule has 1 heterocycles. The van der Waals surface area contributed by atoms with Crippen LogP contribution in [0, 0.1) is 17.8 Å². The van der Waals surface area contributed by atoms with Crippen molar-refractivity contribution >= 4 is 5.91 Å². The summed E-state index contributed by atoms with van der Waals surface area (Å²) in [6.07, 6.45) is 4.16. The third-order valence-corrected chi connectivity index (χ3v) is 4.36. The van der Waals surface area contributed by atoms with Crippen LogP contribution in [0.5, 0.6) is 0 Å². The standard InChI is InChI=1S/C13H24N2O/c1-9-7-15(8-10(9)2)13(16)11-4-3-5-12(14)6-11/h9-12H,3-8,14H2,1-2H3. The van der Waals surface area contributed by atoms with E-state index < -0.39 is 0 Å². The predicted molar refractivity (Wildman–Crippen MR) is 64.8 cm³/mol. The van der Waals surface area contributed by atoms with E-state index in [0.29, 0.717) is 17.7 Å². The SMILES string of the molecule is CC1CN(C(=O)C2CCCC(N)C2)CC1C. The summed E-state index contributed by atoms with van der Waals surface area (Å²) in [6.45, 7) is 6.38. The molecule has 0 bridgehead atoms. The highest BCUT2D eigenvalue weighted by Gasteiger charge is 2.34. The van der Waals surface area contributed by atoms with Crippen LogP contribution in [0.15, 0.2) is 0 Å². The largest absolute Gasteiger partial charge is 0.342 e. The zero-order valence-corrected chi connectivity index (χ0v) is 10.5. The Morgan fingerprint density at radius 2 is 1.81 bits per heavy atom. The van der Waals surface area contributed by atoms with Crippen LogP contribution in [0.4, 0.5) is 0 Å². The molecular formula is C13H24N2O. The number of carbonyl (C=O) groups excluding carboxylic acids is 1. The molecule has 1 amide bonds. The fraction of sp³-hybridized carbons (Fsp3) is 0.923. The minimum atomic E-state index is 0.209. The number of nitrogens with zero attached hydrogens (tertiary/aromatic N) is 1. The molecule has 2 fully saturated rings. The van der Waals surface area contributed by atoms with Crippen LogP contribution < -0.4 is 5.73 Å². The molecule has 3 nitrogen and oxygen atoms in total. The summed E-state index contributed by atoms with van der Waals surface area (Å²) in [4.78, 5) is 14.4. The van der Waals surface area contributed by atoms with Crippen molar-refractivity contribution in [2.75, 3.05) is 13.1 Å². The Balaban J connectivity index is 1.92. The van der Waals surface area contributed by atoms with Gasteiger partial charge in [0.25, 0.3) is 0 Å². The number of carbonyl (C=O) groups is 1. The van der Waals surface area contributed by atoms with Crippen molar-refractivity contribution in [3.8, 4) is 0 Å². The molecule has 1 saturated carbocycles. The van der Waals surface area contributed by atoms with Gasteiger partial charge in [0, 0.05) is 25.0 Å². The maximum absolute atomic E-state index is 12.3. The molecule has 4 unspecified atom stereocenters. The molecule has 0 aromatic heterocycles. The second kappa shape index (κ2) is 4.74. The molecule has 1 saturated heterocycles. The van der Waals surface area contributed by atoms with Gasteiger partial charge in [-0.25, -0.2) is 0 Å². The van der Waals surface area contributed by atoms with Gasteiger partial charge in [-0.2, -0.15) is 0 Å². The Bertz CT molecular complexity index is 250. The molecule has 0 aromatic rings. The van der Waals surface area contributed by atoms with Gasteiger partial charge in [-0.15, -0.1) is 0 Å². The number of hydrogen-bond acceptors (Lipinski definition) is 2.